The summed E-state index contributed by atoms with van der Waals surface area (Å²) in [5, 5.41) is 0. The minimum Gasteiger partial charge on any atom is -0.489 e. The van der Waals surface area contributed by atoms with E-state index < -0.39 is 0 Å². The van der Waals surface area contributed by atoms with E-state index in [1.165, 1.54) is 16.7 Å². The zero-order valence-electron chi connectivity index (χ0n) is 19.1. The monoisotopic (exact) mass is 425 g/mol. The molecule has 2 aromatic rings. The summed E-state index contributed by atoms with van der Waals surface area (Å²) in [5.74, 6) is 7.32. The molecule has 0 bridgehead atoms. The van der Waals surface area contributed by atoms with Crippen LogP contribution < -0.4 is 4.74 Å². The number of aryl methyl sites for hydroxylation is 1. The van der Waals surface area contributed by atoms with E-state index in [9.17, 15) is 0 Å². The Balaban J connectivity index is 0.00000450. The molecule has 0 heterocycles. The fraction of sp³-hybridized carbons (Fsp3) is 0.407. The van der Waals surface area contributed by atoms with Gasteiger partial charge in [0, 0.05) is 18.5 Å². The van der Waals surface area contributed by atoms with Gasteiger partial charge in [0.05, 0.1) is 0 Å². The van der Waals surface area contributed by atoms with Gasteiger partial charge in [0.25, 0.3) is 0 Å². The lowest BCUT2D eigenvalue weighted by atomic mass is 9.98. The first-order valence-corrected chi connectivity index (χ1v) is 10.5. The standard InChI is InChI=1S/C27H35NO.ClH/c1-6-18-28(19-11-7-10-17-27(3,4)5)21-24-14-12-16-26(20-24)29-22-25-15-9-8-13-23(25)2;/h7-9,11-16,20H,6,18-19,21-22H2,1-5H3;1H. The van der Waals surface area contributed by atoms with Gasteiger partial charge in [0.1, 0.15) is 12.4 Å². The Hall–Kier alpha value is -2.21. The Morgan fingerprint density at radius 2 is 1.83 bits per heavy atom. The molecule has 0 amide bonds. The van der Waals surface area contributed by atoms with E-state index in [0.29, 0.717) is 6.61 Å². The summed E-state index contributed by atoms with van der Waals surface area (Å²) >= 11 is 0. The normalized spacial score (nSPS) is 11.1. The first-order valence-electron chi connectivity index (χ1n) is 10.5. The van der Waals surface area contributed by atoms with Gasteiger partial charge in [-0.05, 0) is 75.6 Å². The van der Waals surface area contributed by atoms with Gasteiger partial charge in [-0.2, -0.15) is 0 Å². The molecule has 162 valence electrons. The Morgan fingerprint density at radius 1 is 1.07 bits per heavy atom. The van der Waals surface area contributed by atoms with E-state index in [1.807, 2.05) is 12.1 Å². The summed E-state index contributed by atoms with van der Waals surface area (Å²) in [6, 6.07) is 16.8. The molecule has 3 heteroatoms. The van der Waals surface area contributed by atoms with Gasteiger partial charge < -0.3 is 4.74 Å². The van der Waals surface area contributed by atoms with E-state index in [4.69, 9.17) is 4.74 Å². The number of halogens is 1. The summed E-state index contributed by atoms with van der Waals surface area (Å²) < 4.78 is 6.05. The molecule has 0 unspecified atom stereocenters. The second kappa shape index (κ2) is 13.2. The van der Waals surface area contributed by atoms with Crippen LogP contribution in [0.3, 0.4) is 0 Å². The van der Waals surface area contributed by atoms with Gasteiger partial charge in [0.2, 0.25) is 0 Å². The summed E-state index contributed by atoms with van der Waals surface area (Å²) in [4.78, 5) is 2.44. The maximum Gasteiger partial charge on any atom is 0.120 e. The molecular formula is C27H36ClNO. The van der Waals surface area contributed by atoms with Crippen LogP contribution in [0.25, 0.3) is 0 Å². The second-order valence-corrected chi connectivity index (χ2v) is 8.52. The van der Waals surface area contributed by atoms with Gasteiger partial charge in [0.15, 0.2) is 0 Å². The molecule has 0 saturated carbocycles. The van der Waals surface area contributed by atoms with Crippen molar-refractivity contribution in [1.82, 2.24) is 4.90 Å². The van der Waals surface area contributed by atoms with Crippen molar-refractivity contribution in [3.8, 4) is 17.6 Å². The average molecular weight is 426 g/mol. The molecule has 0 N–H and O–H groups in total. The van der Waals surface area contributed by atoms with Crippen LogP contribution in [0, 0.1) is 24.2 Å². The van der Waals surface area contributed by atoms with Crippen LogP contribution in [0.2, 0.25) is 0 Å². The van der Waals surface area contributed by atoms with Gasteiger partial charge in [-0.25, -0.2) is 0 Å². The number of nitrogens with zero attached hydrogens (tertiary/aromatic N) is 1. The first-order chi connectivity index (χ1) is 13.9. The van der Waals surface area contributed by atoms with Gasteiger partial charge in [-0.15, -0.1) is 12.4 Å². The molecule has 0 aliphatic carbocycles. The van der Waals surface area contributed by atoms with Crippen molar-refractivity contribution in [2.24, 2.45) is 5.41 Å². The van der Waals surface area contributed by atoms with E-state index in [0.717, 1.165) is 31.8 Å². The fourth-order valence-corrected chi connectivity index (χ4v) is 2.99. The molecule has 0 spiro atoms. The summed E-state index contributed by atoms with van der Waals surface area (Å²) in [7, 11) is 0. The van der Waals surface area contributed by atoms with Crippen LogP contribution in [0.1, 0.15) is 50.8 Å². The molecule has 0 aliphatic rings. The Bertz CT molecular complexity index is 855. The molecule has 0 aromatic heterocycles. The zero-order chi connectivity index (χ0) is 21.1. The zero-order valence-corrected chi connectivity index (χ0v) is 19.9. The largest absolute Gasteiger partial charge is 0.489 e. The maximum atomic E-state index is 6.05. The Kier molecular flexibility index (Phi) is 11.3. The number of ether oxygens (including phenoxy) is 1. The van der Waals surface area contributed by atoms with E-state index in [2.05, 4.69) is 99.9 Å². The minimum absolute atomic E-state index is 0. The van der Waals surface area contributed by atoms with Crippen LogP contribution >= 0.6 is 12.4 Å². The summed E-state index contributed by atoms with van der Waals surface area (Å²) in [5.41, 5.74) is 3.81. The maximum absolute atomic E-state index is 6.05. The molecule has 2 rings (SSSR count). The van der Waals surface area contributed by atoms with Crippen LogP contribution in [-0.2, 0) is 13.2 Å². The predicted octanol–water partition coefficient (Wildman–Crippen LogP) is 6.81. The number of rotatable bonds is 9. The van der Waals surface area contributed by atoms with E-state index in [-0.39, 0.29) is 17.8 Å². The van der Waals surface area contributed by atoms with E-state index in [1.54, 1.807) is 0 Å². The van der Waals surface area contributed by atoms with Gasteiger partial charge >= 0.3 is 0 Å². The predicted molar refractivity (Wildman–Crippen MR) is 131 cm³/mol. The SMILES string of the molecule is CCCN(CC=CC#CC(C)(C)C)Cc1cccc(OCc2ccccc2C)c1.Cl. The molecule has 0 atom stereocenters. The molecule has 2 aromatic carbocycles. The highest BCUT2D eigenvalue weighted by atomic mass is 35.5. The van der Waals surface area contributed by atoms with Crippen molar-refractivity contribution in [3.05, 3.63) is 77.4 Å². The number of allylic oxidation sites excluding steroid dienone is 1. The third-order valence-electron chi connectivity index (χ3n) is 4.51. The average Bonchev–Trinajstić information content (AvgIpc) is 2.66. The third kappa shape index (κ3) is 10.0. The highest BCUT2D eigenvalue weighted by Gasteiger charge is 2.06. The van der Waals surface area contributed by atoms with Crippen molar-refractivity contribution in [2.75, 3.05) is 13.1 Å². The summed E-state index contributed by atoms with van der Waals surface area (Å²) in [6.45, 7) is 14.2. The lowest BCUT2D eigenvalue weighted by molar-refractivity contribution is 0.290. The lowest BCUT2D eigenvalue weighted by Gasteiger charge is -2.20. The first kappa shape index (κ1) is 25.8. The van der Waals surface area contributed by atoms with Gasteiger partial charge in [-0.3, -0.25) is 4.90 Å². The highest BCUT2D eigenvalue weighted by molar-refractivity contribution is 5.85. The number of hydrogen-bond acceptors (Lipinski definition) is 2. The van der Waals surface area contributed by atoms with Crippen LogP contribution in [0.4, 0.5) is 0 Å². The third-order valence-corrected chi connectivity index (χ3v) is 4.51. The lowest BCUT2D eigenvalue weighted by Crippen LogP contribution is -2.24. The minimum atomic E-state index is 0. The van der Waals surface area contributed by atoms with Gasteiger partial charge in [-0.1, -0.05) is 61.2 Å². The topological polar surface area (TPSA) is 12.5 Å². The van der Waals surface area contributed by atoms with Crippen molar-refractivity contribution < 1.29 is 4.74 Å². The Morgan fingerprint density at radius 3 is 2.53 bits per heavy atom. The molecule has 0 aliphatic heterocycles. The van der Waals surface area contributed by atoms with Crippen LogP contribution in [0.5, 0.6) is 5.75 Å². The van der Waals surface area contributed by atoms with Crippen molar-refractivity contribution >= 4 is 12.4 Å². The molecule has 0 saturated heterocycles. The highest BCUT2D eigenvalue weighted by Crippen LogP contribution is 2.18. The smallest absolute Gasteiger partial charge is 0.120 e. The van der Waals surface area contributed by atoms with Crippen molar-refractivity contribution in [3.63, 3.8) is 0 Å². The van der Waals surface area contributed by atoms with Crippen LogP contribution in [-0.4, -0.2) is 18.0 Å². The molecule has 0 radical (unpaired) electrons. The van der Waals surface area contributed by atoms with Crippen LogP contribution in [0.15, 0.2) is 60.7 Å². The molecular weight excluding hydrogens is 390 g/mol. The molecule has 30 heavy (non-hydrogen) atoms. The Labute approximate surface area is 189 Å². The quantitative estimate of drug-likeness (QED) is 0.409. The second-order valence-electron chi connectivity index (χ2n) is 8.52. The van der Waals surface area contributed by atoms with Crippen molar-refractivity contribution in [1.29, 1.82) is 0 Å². The van der Waals surface area contributed by atoms with E-state index >= 15 is 0 Å². The molecule has 2 nitrogen and oxygen atoms in total. The summed E-state index contributed by atoms with van der Waals surface area (Å²) in [6.07, 6.45) is 5.27. The molecule has 0 fully saturated rings. The number of benzene rings is 2. The fourth-order valence-electron chi connectivity index (χ4n) is 2.99. The van der Waals surface area contributed by atoms with Crippen molar-refractivity contribution in [2.45, 2.75) is 54.2 Å². The number of hydrogen-bond donors (Lipinski definition) is 0.